The number of nitrogens with one attached hydrogen (secondary N) is 4. The molecule has 4 aromatic rings. The Morgan fingerprint density at radius 2 is 1.01 bits per heavy atom. The molecule has 4 fully saturated rings. The molecule has 8 rings (SSSR count). The van der Waals surface area contributed by atoms with Crippen LogP contribution in [0.15, 0.2) is 97.1 Å². The molecule has 5 N–H and O–H groups in total. The van der Waals surface area contributed by atoms with Gasteiger partial charge in [-0.05, 0) is 104 Å². The van der Waals surface area contributed by atoms with Gasteiger partial charge in [0.25, 0.3) is 11.8 Å². The number of β-amino-alcohol motifs (C(OH)–C–C–N with tert-alkyl or cyclic N) is 1. The minimum atomic E-state index is -0.910. The van der Waals surface area contributed by atoms with E-state index in [9.17, 15) is 38.7 Å². The van der Waals surface area contributed by atoms with Crippen LogP contribution in [0, 0.1) is 0 Å². The maximum atomic E-state index is 13.2. The molecule has 0 bridgehead atoms. The van der Waals surface area contributed by atoms with E-state index in [1.54, 1.807) is 114 Å². The Morgan fingerprint density at radius 3 is 1.45 bits per heavy atom. The van der Waals surface area contributed by atoms with Crippen molar-refractivity contribution in [2.45, 2.75) is 44.1 Å². The summed E-state index contributed by atoms with van der Waals surface area (Å²) in [7, 11) is 0. The Labute approximate surface area is 406 Å². The smallest absolute Gasteiger partial charge is 0.435 e. The number of hydrogen-bond acceptors (Lipinski definition) is 12. The molecule has 0 radical (unpaired) electrons. The van der Waals surface area contributed by atoms with Crippen molar-refractivity contribution in [3.8, 4) is 0 Å². The fourth-order valence-corrected chi connectivity index (χ4v) is 8.12. The van der Waals surface area contributed by atoms with Crippen LogP contribution in [0.4, 0.5) is 48.5 Å². The van der Waals surface area contributed by atoms with Gasteiger partial charge in [-0.1, -0.05) is 23.2 Å². The van der Waals surface area contributed by atoms with Crippen LogP contribution in [0.3, 0.4) is 0 Å². The molecule has 20 nitrogen and oxygen atoms in total. The summed E-state index contributed by atoms with van der Waals surface area (Å²) in [5, 5.41) is 22.2. The third-order valence-corrected chi connectivity index (χ3v) is 11.8. The number of amides is 8. The number of urea groups is 2. The number of anilines is 6. The highest BCUT2D eigenvalue weighted by molar-refractivity contribution is 6.31. The molecule has 0 aliphatic carbocycles. The lowest BCUT2D eigenvalue weighted by molar-refractivity contribution is -0.126. The third-order valence-electron chi connectivity index (χ3n) is 11.2. The lowest BCUT2D eigenvalue weighted by Crippen LogP contribution is -2.45. The van der Waals surface area contributed by atoms with Crippen molar-refractivity contribution in [1.82, 2.24) is 9.80 Å². The number of likely N-dealkylation sites (tertiary alicyclic amines) is 2. The van der Waals surface area contributed by atoms with Crippen LogP contribution >= 0.6 is 23.2 Å². The molecule has 4 aliphatic rings. The number of morpholine rings is 2. The van der Waals surface area contributed by atoms with Crippen LogP contribution in [-0.2, 0) is 38.1 Å². The standard InChI is InChI=1S/C25H27ClN4O7.C22H23ClN4O5/c1-2-36-25(34)37-20-13-21(30(14-20)24(33)28-18-5-3-16(26)4-6-18)23(32)27-17-7-9-19(10-8-17)29-11-12-35-15-22(29)31;23-14-1-3-16(4-2-14)25-22(31)27-12-18(28)11-19(27)21(30)24-15-5-7-17(8-6-15)26-9-10-32-13-20(26)29/h3-10,20-21H,2,11-15H2,1H3,(H,27,32)(H,28,33);1-8,18-19,28H,9-13H2,(H,24,30)(H,25,31)/t20-,21-;18-,19-/m11/s1. The van der Waals surface area contributed by atoms with Crippen molar-refractivity contribution in [3.63, 3.8) is 0 Å². The fourth-order valence-electron chi connectivity index (χ4n) is 7.87. The average molecular weight is 990 g/mol. The number of aliphatic hydroxyl groups is 1. The highest BCUT2D eigenvalue weighted by Gasteiger charge is 2.42. The molecule has 364 valence electrons. The quantitative estimate of drug-likeness (QED) is 0.119. The maximum Gasteiger partial charge on any atom is 0.508 e. The fraction of sp³-hybridized carbons (Fsp3) is 0.340. The maximum absolute atomic E-state index is 13.2. The summed E-state index contributed by atoms with van der Waals surface area (Å²) in [6.45, 7) is 3.79. The van der Waals surface area contributed by atoms with Crippen LogP contribution in [0.2, 0.25) is 10.0 Å². The van der Waals surface area contributed by atoms with E-state index in [2.05, 4.69) is 21.3 Å². The molecule has 0 saturated carbocycles. The number of rotatable bonds is 10. The molecule has 4 saturated heterocycles. The zero-order chi connectivity index (χ0) is 49.0. The van der Waals surface area contributed by atoms with E-state index >= 15 is 0 Å². The SMILES string of the molecule is CCOC(=O)O[C@@H]1C[C@H](C(=O)Nc2ccc(N3CCOCC3=O)cc2)N(C(=O)Nc2ccc(Cl)cc2)C1.O=C(Nc1ccc(N2CCOCC2=O)cc1)[C@H]1C[C@@H](O)CN1C(=O)Nc1ccc(Cl)cc1. The van der Waals surface area contributed by atoms with E-state index in [1.807, 2.05) is 0 Å². The third kappa shape index (κ3) is 13.4. The molecule has 0 spiro atoms. The predicted molar refractivity (Wildman–Crippen MR) is 256 cm³/mol. The number of aliphatic hydroxyl groups excluding tert-OH is 1. The lowest BCUT2D eigenvalue weighted by Gasteiger charge is -2.27. The van der Waals surface area contributed by atoms with Crippen molar-refractivity contribution >= 4 is 99.2 Å². The predicted octanol–water partition coefficient (Wildman–Crippen LogP) is 5.80. The second kappa shape index (κ2) is 23.4. The van der Waals surface area contributed by atoms with Crippen LogP contribution in [0.25, 0.3) is 0 Å². The van der Waals surface area contributed by atoms with Crippen LogP contribution in [0.1, 0.15) is 19.8 Å². The normalized spacial score (nSPS) is 20.1. The second-order valence-corrected chi connectivity index (χ2v) is 16.9. The van der Waals surface area contributed by atoms with E-state index in [-0.39, 0.29) is 57.6 Å². The summed E-state index contributed by atoms with van der Waals surface area (Å²) in [4.78, 5) is 93.6. The number of carbonyl (C=O) groups excluding carboxylic acids is 7. The average Bonchev–Trinajstić information content (AvgIpc) is 3.96. The van der Waals surface area contributed by atoms with Gasteiger partial charge in [-0.25, -0.2) is 14.4 Å². The highest BCUT2D eigenvalue weighted by atomic mass is 35.5. The van der Waals surface area contributed by atoms with Crippen LogP contribution < -0.4 is 31.1 Å². The van der Waals surface area contributed by atoms with Crippen molar-refractivity contribution < 1.29 is 57.6 Å². The number of ether oxygens (including phenoxy) is 4. The van der Waals surface area contributed by atoms with Crippen molar-refractivity contribution in [2.24, 2.45) is 0 Å². The van der Waals surface area contributed by atoms with Gasteiger partial charge in [0.15, 0.2) is 0 Å². The molecular weight excluding hydrogens is 939 g/mol. The van der Waals surface area contributed by atoms with E-state index < -0.39 is 54.3 Å². The summed E-state index contributed by atoms with van der Waals surface area (Å²) in [6, 6.07) is 24.1. The van der Waals surface area contributed by atoms with Gasteiger partial charge in [-0.2, -0.15) is 0 Å². The van der Waals surface area contributed by atoms with Gasteiger partial charge in [-0.3, -0.25) is 19.2 Å². The van der Waals surface area contributed by atoms with E-state index in [0.29, 0.717) is 64.8 Å². The number of benzene rings is 4. The monoisotopic (exact) mass is 988 g/mol. The van der Waals surface area contributed by atoms with Gasteiger partial charge in [0, 0.05) is 76.6 Å². The molecular formula is C47H50Cl2N8O12. The summed E-state index contributed by atoms with van der Waals surface area (Å²) < 4.78 is 20.4. The zero-order valence-corrected chi connectivity index (χ0v) is 38.8. The molecule has 4 heterocycles. The first-order valence-electron chi connectivity index (χ1n) is 22.0. The van der Waals surface area contributed by atoms with Crippen molar-refractivity contribution in [2.75, 3.05) is 90.3 Å². The second-order valence-electron chi connectivity index (χ2n) is 16.0. The molecule has 4 aromatic carbocycles. The van der Waals surface area contributed by atoms with Gasteiger partial charge in [-0.15, -0.1) is 0 Å². The number of halogens is 2. The van der Waals surface area contributed by atoms with Gasteiger partial charge >= 0.3 is 18.2 Å². The van der Waals surface area contributed by atoms with Gasteiger partial charge in [0.05, 0.1) is 32.5 Å². The minimum absolute atomic E-state index is 0.00834. The van der Waals surface area contributed by atoms with Gasteiger partial charge in [0.1, 0.15) is 31.4 Å². The van der Waals surface area contributed by atoms with Gasteiger partial charge in [0.2, 0.25) is 11.8 Å². The molecule has 4 aliphatic heterocycles. The number of nitrogens with zero attached hydrogens (tertiary/aromatic N) is 4. The zero-order valence-electron chi connectivity index (χ0n) is 37.3. The Balaban J connectivity index is 0.000000206. The molecule has 0 unspecified atom stereocenters. The topological polar surface area (TPSA) is 238 Å². The molecule has 0 aromatic heterocycles. The molecule has 22 heteroatoms. The van der Waals surface area contributed by atoms with Crippen LogP contribution in [0.5, 0.6) is 0 Å². The molecule has 8 amide bonds. The van der Waals surface area contributed by atoms with Crippen molar-refractivity contribution in [3.05, 3.63) is 107 Å². The first-order chi connectivity index (χ1) is 33.2. The number of carbonyl (C=O) groups is 7. The summed E-state index contributed by atoms with van der Waals surface area (Å²) >= 11 is 11.8. The molecule has 69 heavy (non-hydrogen) atoms. The summed E-state index contributed by atoms with van der Waals surface area (Å²) in [5.41, 5.74) is 3.46. The Kier molecular flexibility index (Phi) is 16.9. The summed E-state index contributed by atoms with van der Waals surface area (Å²) in [5.74, 6) is -1.10. The molecule has 4 atom stereocenters. The largest absolute Gasteiger partial charge is 0.508 e. The first kappa shape index (κ1) is 49.9. The minimum Gasteiger partial charge on any atom is -0.435 e. The Morgan fingerprint density at radius 1 is 0.609 bits per heavy atom. The van der Waals surface area contributed by atoms with Crippen LogP contribution in [-0.4, -0.2) is 140 Å². The number of hydrogen-bond donors (Lipinski definition) is 5. The Hall–Kier alpha value is -6.97. The Bertz CT molecular complexity index is 2480. The first-order valence-corrected chi connectivity index (χ1v) is 22.8. The van der Waals surface area contributed by atoms with E-state index in [4.69, 9.17) is 42.1 Å². The van der Waals surface area contributed by atoms with E-state index in [0.717, 1.165) is 5.69 Å². The van der Waals surface area contributed by atoms with Gasteiger partial charge < -0.3 is 64.9 Å². The van der Waals surface area contributed by atoms with E-state index in [1.165, 1.54) is 9.80 Å². The highest BCUT2D eigenvalue weighted by Crippen LogP contribution is 2.27. The lowest BCUT2D eigenvalue weighted by atomic mass is 10.1. The summed E-state index contributed by atoms with van der Waals surface area (Å²) in [6.07, 6.45) is -2.14. The van der Waals surface area contributed by atoms with Crippen molar-refractivity contribution in [1.29, 1.82) is 0 Å².